The van der Waals surface area contributed by atoms with Crippen LogP contribution in [0.2, 0.25) is 10.0 Å². The molecule has 1 aromatic rings. The lowest BCUT2D eigenvalue weighted by molar-refractivity contribution is 0.510. The van der Waals surface area contributed by atoms with Crippen molar-refractivity contribution < 1.29 is 5.11 Å². The van der Waals surface area contributed by atoms with Gasteiger partial charge in [0.25, 0.3) is 0 Å². The predicted molar refractivity (Wildman–Crippen MR) is 57.2 cm³/mol. The minimum atomic E-state index is -0.504. The third-order valence-electron chi connectivity index (χ3n) is 1.66. The molecular weight excluding hydrogens is 235 g/mol. The van der Waals surface area contributed by atoms with E-state index < -0.39 is 11.3 Å². The Morgan fingerprint density at radius 3 is 2.00 bits per heavy atom. The van der Waals surface area contributed by atoms with Crippen LogP contribution in [0.1, 0.15) is 5.56 Å². The van der Waals surface area contributed by atoms with Crippen molar-refractivity contribution in [2.45, 2.75) is 0 Å². The molecule has 0 aliphatic heterocycles. The van der Waals surface area contributed by atoms with Crippen LogP contribution in [0.3, 0.4) is 0 Å². The van der Waals surface area contributed by atoms with Crippen molar-refractivity contribution in [2.75, 3.05) is 0 Å². The van der Waals surface area contributed by atoms with Crippen molar-refractivity contribution in [3.63, 3.8) is 0 Å². The Morgan fingerprint density at radius 2 is 1.60 bits per heavy atom. The summed E-state index contributed by atoms with van der Waals surface area (Å²) in [5.41, 5.74) is -0.330. The number of nitrogens with zero attached hydrogens (tertiary/aromatic N) is 2. The molecule has 5 heteroatoms. The van der Waals surface area contributed by atoms with Crippen LogP contribution in [0.4, 0.5) is 0 Å². The number of aliphatic hydroxyl groups is 1. The van der Waals surface area contributed by atoms with E-state index in [2.05, 4.69) is 0 Å². The Kier molecular flexibility index (Phi) is 3.57. The Hall–Kier alpha value is -1.68. The van der Waals surface area contributed by atoms with E-state index >= 15 is 0 Å². The number of benzene rings is 1. The van der Waals surface area contributed by atoms with Crippen LogP contribution in [0, 0.1) is 22.7 Å². The third-order valence-corrected chi connectivity index (χ3v) is 2.29. The smallest absolute Gasteiger partial charge is 0.171 e. The molecule has 1 N–H and O–H groups in total. The van der Waals surface area contributed by atoms with Crippen molar-refractivity contribution in [3.8, 4) is 12.1 Å². The fourth-order valence-corrected chi connectivity index (χ4v) is 1.56. The lowest BCUT2D eigenvalue weighted by Gasteiger charge is -2.05. The molecule has 0 aliphatic rings. The average Bonchev–Trinajstić information content (AvgIpc) is 2.19. The first-order chi connectivity index (χ1) is 7.11. The summed E-state index contributed by atoms with van der Waals surface area (Å²) in [5.74, 6) is -0.504. The van der Waals surface area contributed by atoms with Crippen LogP contribution in [0.5, 0.6) is 0 Å². The van der Waals surface area contributed by atoms with Crippen LogP contribution in [0.15, 0.2) is 23.8 Å². The van der Waals surface area contributed by atoms with Gasteiger partial charge in [0.2, 0.25) is 0 Å². The second-order valence-corrected chi connectivity index (χ2v) is 3.36. The van der Waals surface area contributed by atoms with Crippen molar-refractivity contribution in [2.24, 2.45) is 0 Å². The van der Waals surface area contributed by atoms with E-state index in [0.29, 0.717) is 0 Å². The van der Waals surface area contributed by atoms with Gasteiger partial charge in [0.1, 0.15) is 12.1 Å². The highest BCUT2D eigenvalue weighted by molar-refractivity contribution is 6.37. The van der Waals surface area contributed by atoms with Gasteiger partial charge in [0, 0.05) is 0 Å². The van der Waals surface area contributed by atoms with Gasteiger partial charge in [-0.1, -0.05) is 29.3 Å². The van der Waals surface area contributed by atoms with Crippen molar-refractivity contribution in [3.05, 3.63) is 39.4 Å². The zero-order valence-corrected chi connectivity index (χ0v) is 8.84. The van der Waals surface area contributed by atoms with Gasteiger partial charge in [-0.15, -0.1) is 0 Å². The second kappa shape index (κ2) is 4.70. The Bertz CT molecular complexity index is 473. The molecule has 0 spiro atoms. The van der Waals surface area contributed by atoms with Gasteiger partial charge in [-0.3, -0.25) is 0 Å². The molecule has 1 aromatic carbocycles. The van der Waals surface area contributed by atoms with Crippen LogP contribution in [0.25, 0.3) is 5.76 Å². The number of rotatable bonds is 1. The predicted octanol–water partition coefficient (Wildman–Crippen LogP) is 3.31. The van der Waals surface area contributed by atoms with Gasteiger partial charge in [0.05, 0.1) is 15.6 Å². The van der Waals surface area contributed by atoms with E-state index in [4.69, 9.17) is 33.7 Å². The molecule has 0 atom stereocenters. The van der Waals surface area contributed by atoms with E-state index in [-0.39, 0.29) is 15.6 Å². The number of halogens is 2. The molecule has 3 nitrogen and oxygen atoms in total. The van der Waals surface area contributed by atoms with Gasteiger partial charge in [-0.2, -0.15) is 10.5 Å². The van der Waals surface area contributed by atoms with Gasteiger partial charge >= 0.3 is 0 Å². The minimum absolute atomic E-state index is 0.0962. The summed E-state index contributed by atoms with van der Waals surface area (Å²) >= 11 is 11.6. The van der Waals surface area contributed by atoms with Gasteiger partial charge in [-0.05, 0) is 12.1 Å². The average molecular weight is 239 g/mol. The zero-order valence-electron chi connectivity index (χ0n) is 7.33. The molecule has 0 radical (unpaired) electrons. The summed E-state index contributed by atoms with van der Waals surface area (Å²) < 4.78 is 0. The summed E-state index contributed by atoms with van der Waals surface area (Å²) in [5, 5.41) is 27.1. The molecule has 0 heterocycles. The SMILES string of the molecule is N#CC(C#N)=C(O)c1c(Cl)cccc1Cl. The fourth-order valence-electron chi connectivity index (χ4n) is 0.980. The summed E-state index contributed by atoms with van der Waals surface area (Å²) in [6.45, 7) is 0. The maximum Gasteiger partial charge on any atom is 0.171 e. The molecule has 0 bridgehead atoms. The largest absolute Gasteiger partial charge is 0.505 e. The molecule has 0 unspecified atom stereocenters. The summed E-state index contributed by atoms with van der Waals surface area (Å²) in [7, 11) is 0. The van der Waals surface area contributed by atoms with Crippen LogP contribution >= 0.6 is 23.2 Å². The lowest BCUT2D eigenvalue weighted by atomic mass is 10.1. The molecule has 74 valence electrons. The molecule has 0 fully saturated rings. The number of aliphatic hydroxyl groups excluding tert-OH is 1. The van der Waals surface area contributed by atoms with Crippen molar-refractivity contribution in [1.29, 1.82) is 10.5 Å². The maximum absolute atomic E-state index is 9.61. The molecule has 0 saturated carbocycles. The Labute approximate surface area is 96.4 Å². The highest BCUT2D eigenvalue weighted by atomic mass is 35.5. The number of hydrogen-bond donors (Lipinski definition) is 1. The molecule has 1 rings (SSSR count). The number of hydrogen-bond acceptors (Lipinski definition) is 3. The first kappa shape index (κ1) is 11.4. The van der Waals surface area contributed by atoms with Crippen molar-refractivity contribution in [1.82, 2.24) is 0 Å². The van der Waals surface area contributed by atoms with Crippen molar-refractivity contribution >= 4 is 29.0 Å². The van der Waals surface area contributed by atoms with Crippen LogP contribution < -0.4 is 0 Å². The number of allylic oxidation sites excluding steroid dienone is 1. The van der Waals surface area contributed by atoms with Crippen LogP contribution in [-0.4, -0.2) is 5.11 Å². The minimum Gasteiger partial charge on any atom is -0.505 e. The van der Waals surface area contributed by atoms with Crippen LogP contribution in [-0.2, 0) is 0 Å². The number of nitriles is 2. The van der Waals surface area contributed by atoms with E-state index in [1.165, 1.54) is 12.1 Å². The Morgan fingerprint density at radius 1 is 1.13 bits per heavy atom. The Balaban J connectivity index is 3.50. The zero-order chi connectivity index (χ0) is 11.4. The molecular formula is C10H4Cl2N2O. The van der Waals surface area contributed by atoms with E-state index in [1.54, 1.807) is 18.2 Å². The van der Waals surface area contributed by atoms with Gasteiger partial charge in [-0.25, -0.2) is 0 Å². The molecule has 0 amide bonds. The lowest BCUT2D eigenvalue weighted by Crippen LogP contribution is -1.90. The monoisotopic (exact) mass is 238 g/mol. The fraction of sp³-hybridized carbons (Fsp3) is 0. The van der Waals surface area contributed by atoms with Gasteiger partial charge < -0.3 is 5.11 Å². The molecule has 0 saturated heterocycles. The summed E-state index contributed by atoms with van der Waals surface area (Å²) in [4.78, 5) is 0. The highest BCUT2D eigenvalue weighted by Gasteiger charge is 2.14. The molecule has 15 heavy (non-hydrogen) atoms. The third kappa shape index (κ3) is 2.22. The van der Waals surface area contributed by atoms with Gasteiger partial charge in [0.15, 0.2) is 11.3 Å². The quantitative estimate of drug-likeness (QED) is 0.603. The highest BCUT2D eigenvalue weighted by Crippen LogP contribution is 2.30. The molecule has 0 aromatic heterocycles. The van der Waals surface area contributed by atoms with E-state index in [9.17, 15) is 5.11 Å². The molecule has 0 aliphatic carbocycles. The summed E-state index contributed by atoms with van der Waals surface area (Å²) in [6.07, 6.45) is 0. The second-order valence-electron chi connectivity index (χ2n) is 2.54. The topological polar surface area (TPSA) is 67.8 Å². The standard InChI is InChI=1S/C10H4Cl2N2O/c11-7-2-1-3-8(12)9(7)10(15)6(4-13)5-14/h1-3,15H. The van der Waals surface area contributed by atoms with E-state index in [0.717, 1.165) is 0 Å². The first-order valence-corrected chi connectivity index (χ1v) is 4.55. The summed E-state index contributed by atoms with van der Waals surface area (Å²) in [6, 6.07) is 7.72. The van der Waals surface area contributed by atoms with E-state index in [1.807, 2.05) is 0 Å². The maximum atomic E-state index is 9.61. The first-order valence-electron chi connectivity index (χ1n) is 3.79. The normalized spacial score (nSPS) is 8.80.